The molecule has 0 bridgehead atoms. The Hall–Kier alpha value is -1.06. The Balaban J connectivity index is 2.12. The van der Waals surface area contributed by atoms with E-state index in [-0.39, 0.29) is 16.5 Å². The van der Waals surface area contributed by atoms with Gasteiger partial charge in [-0.1, -0.05) is 55.6 Å². The van der Waals surface area contributed by atoms with Crippen molar-refractivity contribution in [3.05, 3.63) is 39.7 Å². The number of hydrogen-bond acceptors (Lipinski definition) is 2. The molecule has 1 aliphatic rings. The number of hydrogen-bond donors (Lipinski definition) is 0. The largest absolute Gasteiger partial charge is 0.335 e. The SMILES string of the molecule is CC(C)(C)C1=CCN(C(=O)c2cnc(Cl)c(Cl)c2)CC1. The molecule has 0 saturated heterocycles. The van der Waals surface area contributed by atoms with E-state index in [0.717, 1.165) is 13.0 Å². The minimum atomic E-state index is -0.0553. The van der Waals surface area contributed by atoms with Crippen LogP contribution in [0.15, 0.2) is 23.9 Å². The fraction of sp³-hybridized carbons (Fsp3) is 0.467. The molecule has 20 heavy (non-hydrogen) atoms. The van der Waals surface area contributed by atoms with Crippen LogP contribution in [0.3, 0.4) is 0 Å². The molecule has 108 valence electrons. The van der Waals surface area contributed by atoms with E-state index in [1.807, 2.05) is 0 Å². The number of pyridine rings is 1. The van der Waals surface area contributed by atoms with Gasteiger partial charge in [-0.15, -0.1) is 0 Å². The van der Waals surface area contributed by atoms with Crippen LogP contribution in [-0.4, -0.2) is 28.9 Å². The molecule has 0 spiro atoms. The molecule has 5 heteroatoms. The van der Waals surface area contributed by atoms with Crippen LogP contribution in [0.5, 0.6) is 0 Å². The molecule has 1 aliphatic heterocycles. The standard InChI is InChI=1S/C15H18Cl2N2O/c1-15(2,3)11-4-6-19(7-5-11)14(20)10-8-12(16)13(17)18-9-10/h4,8-9H,5-7H2,1-3H3. The molecule has 1 aromatic rings. The molecule has 0 aromatic carbocycles. The van der Waals surface area contributed by atoms with Crippen LogP contribution in [-0.2, 0) is 0 Å². The average Bonchev–Trinajstić information content (AvgIpc) is 2.40. The molecule has 0 fully saturated rings. The summed E-state index contributed by atoms with van der Waals surface area (Å²) >= 11 is 11.7. The van der Waals surface area contributed by atoms with E-state index in [2.05, 4.69) is 31.8 Å². The molecular weight excluding hydrogens is 295 g/mol. The van der Waals surface area contributed by atoms with Crippen molar-refractivity contribution in [2.75, 3.05) is 13.1 Å². The second-order valence-corrected chi connectivity index (χ2v) is 6.74. The van der Waals surface area contributed by atoms with Gasteiger partial charge in [-0.25, -0.2) is 4.98 Å². The number of halogens is 2. The smallest absolute Gasteiger partial charge is 0.255 e. The van der Waals surface area contributed by atoms with Crippen LogP contribution in [0.2, 0.25) is 10.2 Å². The van der Waals surface area contributed by atoms with Crippen molar-refractivity contribution < 1.29 is 4.79 Å². The van der Waals surface area contributed by atoms with Crippen LogP contribution < -0.4 is 0 Å². The van der Waals surface area contributed by atoms with Crippen molar-refractivity contribution in [1.29, 1.82) is 0 Å². The molecule has 3 nitrogen and oxygen atoms in total. The number of rotatable bonds is 1. The predicted molar refractivity (Wildman–Crippen MR) is 82.3 cm³/mol. The Morgan fingerprint density at radius 1 is 1.35 bits per heavy atom. The van der Waals surface area contributed by atoms with Gasteiger partial charge in [0.15, 0.2) is 0 Å². The molecule has 1 aromatic heterocycles. The summed E-state index contributed by atoms with van der Waals surface area (Å²) in [6.07, 6.45) is 4.52. The highest BCUT2D eigenvalue weighted by Crippen LogP contribution is 2.30. The lowest BCUT2D eigenvalue weighted by molar-refractivity contribution is 0.0764. The second-order valence-electron chi connectivity index (χ2n) is 5.98. The van der Waals surface area contributed by atoms with Gasteiger partial charge in [-0.3, -0.25) is 4.79 Å². The van der Waals surface area contributed by atoms with Crippen molar-refractivity contribution in [3.8, 4) is 0 Å². The Labute approximate surface area is 129 Å². The number of carbonyl (C=O) groups excluding carboxylic acids is 1. The minimum absolute atomic E-state index is 0.0553. The third-order valence-electron chi connectivity index (χ3n) is 3.50. The van der Waals surface area contributed by atoms with Crippen LogP contribution in [0.25, 0.3) is 0 Å². The number of amides is 1. The van der Waals surface area contributed by atoms with Crippen LogP contribution in [0.4, 0.5) is 0 Å². The van der Waals surface area contributed by atoms with E-state index in [4.69, 9.17) is 23.2 Å². The maximum Gasteiger partial charge on any atom is 0.255 e. The third-order valence-corrected chi connectivity index (χ3v) is 4.19. The molecule has 0 unspecified atom stereocenters. The first kappa shape index (κ1) is 15.3. The molecule has 0 atom stereocenters. The van der Waals surface area contributed by atoms with Gasteiger partial charge < -0.3 is 4.90 Å². The van der Waals surface area contributed by atoms with E-state index < -0.39 is 0 Å². The lowest BCUT2D eigenvalue weighted by Gasteiger charge is -2.32. The summed E-state index contributed by atoms with van der Waals surface area (Å²) < 4.78 is 0. The summed E-state index contributed by atoms with van der Waals surface area (Å²) in [5.74, 6) is -0.0553. The first-order valence-electron chi connectivity index (χ1n) is 6.59. The summed E-state index contributed by atoms with van der Waals surface area (Å²) in [5, 5.41) is 0.525. The van der Waals surface area contributed by atoms with E-state index in [0.29, 0.717) is 17.1 Å². The second kappa shape index (κ2) is 5.74. The summed E-state index contributed by atoms with van der Waals surface area (Å²) in [5.41, 5.74) is 2.04. The van der Waals surface area contributed by atoms with Gasteiger partial charge in [0, 0.05) is 19.3 Å². The van der Waals surface area contributed by atoms with Crippen molar-refractivity contribution in [2.24, 2.45) is 5.41 Å². The number of carbonyl (C=O) groups is 1. The predicted octanol–water partition coefficient (Wildman–Crippen LogP) is 4.21. The highest BCUT2D eigenvalue weighted by atomic mass is 35.5. The topological polar surface area (TPSA) is 33.2 Å². The van der Waals surface area contributed by atoms with Crippen LogP contribution in [0, 0.1) is 5.41 Å². The van der Waals surface area contributed by atoms with Gasteiger partial charge >= 0.3 is 0 Å². The third kappa shape index (κ3) is 3.33. The zero-order chi connectivity index (χ0) is 14.9. The van der Waals surface area contributed by atoms with Gasteiger partial charge in [0.25, 0.3) is 5.91 Å². The molecule has 0 radical (unpaired) electrons. The van der Waals surface area contributed by atoms with Gasteiger partial charge in [0.05, 0.1) is 10.6 Å². The Bertz CT molecular complexity index is 561. The average molecular weight is 313 g/mol. The zero-order valence-electron chi connectivity index (χ0n) is 11.9. The molecule has 0 aliphatic carbocycles. The highest BCUT2D eigenvalue weighted by Gasteiger charge is 2.24. The monoisotopic (exact) mass is 312 g/mol. The first-order valence-corrected chi connectivity index (χ1v) is 7.34. The normalized spacial score (nSPS) is 16.1. The van der Waals surface area contributed by atoms with Gasteiger partial charge in [0.2, 0.25) is 0 Å². The lowest BCUT2D eigenvalue weighted by Crippen LogP contribution is -2.36. The summed E-state index contributed by atoms with van der Waals surface area (Å²) in [7, 11) is 0. The summed E-state index contributed by atoms with van der Waals surface area (Å²) in [4.78, 5) is 18.1. The van der Waals surface area contributed by atoms with E-state index in [1.165, 1.54) is 11.8 Å². The van der Waals surface area contributed by atoms with Crippen molar-refractivity contribution in [3.63, 3.8) is 0 Å². The van der Waals surface area contributed by atoms with Gasteiger partial charge in [-0.05, 0) is 17.9 Å². The Morgan fingerprint density at radius 2 is 2.05 bits per heavy atom. The summed E-state index contributed by atoms with van der Waals surface area (Å²) in [6, 6.07) is 1.57. The Kier molecular flexibility index (Phi) is 4.40. The van der Waals surface area contributed by atoms with E-state index in [1.54, 1.807) is 11.0 Å². The van der Waals surface area contributed by atoms with Gasteiger partial charge in [-0.2, -0.15) is 0 Å². The number of nitrogens with zero attached hydrogens (tertiary/aromatic N) is 2. The van der Waals surface area contributed by atoms with Gasteiger partial charge in [0.1, 0.15) is 5.15 Å². The Morgan fingerprint density at radius 3 is 2.55 bits per heavy atom. The molecule has 1 amide bonds. The minimum Gasteiger partial charge on any atom is -0.335 e. The molecule has 2 heterocycles. The molecule has 0 N–H and O–H groups in total. The van der Waals surface area contributed by atoms with Crippen LogP contribution in [0.1, 0.15) is 37.6 Å². The molecular formula is C15H18Cl2N2O. The number of aromatic nitrogens is 1. The molecule has 0 saturated carbocycles. The quantitative estimate of drug-likeness (QED) is 0.575. The zero-order valence-corrected chi connectivity index (χ0v) is 13.4. The lowest BCUT2D eigenvalue weighted by atomic mass is 9.83. The van der Waals surface area contributed by atoms with Crippen molar-refractivity contribution in [1.82, 2.24) is 9.88 Å². The first-order chi connectivity index (χ1) is 9.29. The van der Waals surface area contributed by atoms with E-state index in [9.17, 15) is 4.79 Å². The van der Waals surface area contributed by atoms with Crippen molar-refractivity contribution >= 4 is 29.1 Å². The highest BCUT2D eigenvalue weighted by molar-refractivity contribution is 6.41. The maximum absolute atomic E-state index is 12.4. The fourth-order valence-electron chi connectivity index (χ4n) is 2.26. The maximum atomic E-state index is 12.4. The van der Waals surface area contributed by atoms with E-state index >= 15 is 0 Å². The fourth-order valence-corrected chi connectivity index (χ4v) is 2.53. The van der Waals surface area contributed by atoms with Crippen LogP contribution >= 0.6 is 23.2 Å². The summed E-state index contributed by atoms with van der Waals surface area (Å²) in [6.45, 7) is 7.94. The molecule has 2 rings (SSSR count). The van der Waals surface area contributed by atoms with Crippen molar-refractivity contribution in [2.45, 2.75) is 27.2 Å².